The molecule has 0 aliphatic carbocycles. The molecule has 0 radical (unpaired) electrons. The molecule has 2 aromatic heterocycles. The number of pyridine rings is 2. The van der Waals surface area contributed by atoms with Crippen LogP contribution in [-0.2, 0) is 0 Å². The zero-order valence-corrected chi connectivity index (χ0v) is 24.7. The molecular weight excluding hydrogens is 532 g/mol. The number of nitrogens with one attached hydrogen (secondary N) is 2. The number of aryl methyl sites for hydroxylation is 2. The standard InChI is InChI=1S/C37H36N4O2/c1-24-14-16-32-28(20-24)22-26-10-8-12-30(34(26)40-32)36(42)38-18-6-4-3-5-7-19-39-37(43)31-13-9-11-27-23-29-21-25(2)15-17-33(29)41-35(27)31/h8-17,20-23H,3-7,18-19H2,1-2H3,(H,38,42)(H,39,43). The van der Waals surface area contributed by atoms with Crippen molar-refractivity contribution in [1.29, 1.82) is 0 Å². The fourth-order valence-electron chi connectivity index (χ4n) is 5.71. The highest BCUT2D eigenvalue weighted by molar-refractivity contribution is 6.08. The molecule has 0 bridgehead atoms. The summed E-state index contributed by atoms with van der Waals surface area (Å²) < 4.78 is 0. The van der Waals surface area contributed by atoms with E-state index >= 15 is 0 Å². The first-order chi connectivity index (χ1) is 21.0. The minimum Gasteiger partial charge on any atom is -0.352 e. The zero-order chi connectivity index (χ0) is 29.8. The third-order valence-electron chi connectivity index (χ3n) is 8.00. The summed E-state index contributed by atoms with van der Waals surface area (Å²) in [5.74, 6) is -0.170. The Hall–Kier alpha value is -4.84. The van der Waals surface area contributed by atoms with Crippen LogP contribution in [0.3, 0.4) is 0 Å². The van der Waals surface area contributed by atoms with Crippen LogP contribution in [0.4, 0.5) is 0 Å². The fraction of sp³-hybridized carbons (Fsp3) is 0.243. The van der Waals surface area contributed by atoms with Gasteiger partial charge in [0, 0.05) is 34.6 Å². The average Bonchev–Trinajstić information content (AvgIpc) is 3.01. The number of aromatic nitrogens is 2. The van der Waals surface area contributed by atoms with Gasteiger partial charge in [0.25, 0.3) is 11.8 Å². The third kappa shape index (κ3) is 6.33. The molecule has 6 aromatic rings. The van der Waals surface area contributed by atoms with Crippen molar-refractivity contribution in [1.82, 2.24) is 20.6 Å². The Morgan fingerprint density at radius 2 is 0.977 bits per heavy atom. The Kier molecular flexibility index (Phi) is 8.27. The summed E-state index contributed by atoms with van der Waals surface area (Å²) >= 11 is 0. The van der Waals surface area contributed by atoms with E-state index in [-0.39, 0.29) is 11.8 Å². The Labute approximate surface area is 251 Å². The molecular formula is C37H36N4O2. The van der Waals surface area contributed by atoms with Gasteiger partial charge in [-0.25, -0.2) is 9.97 Å². The summed E-state index contributed by atoms with van der Waals surface area (Å²) in [5, 5.41) is 10.2. The zero-order valence-electron chi connectivity index (χ0n) is 24.7. The predicted molar refractivity (Wildman–Crippen MR) is 176 cm³/mol. The molecule has 43 heavy (non-hydrogen) atoms. The second kappa shape index (κ2) is 12.6. The fourth-order valence-corrected chi connectivity index (χ4v) is 5.71. The van der Waals surface area contributed by atoms with Gasteiger partial charge in [-0.05, 0) is 75.2 Å². The maximum absolute atomic E-state index is 13.0. The lowest BCUT2D eigenvalue weighted by Crippen LogP contribution is -2.25. The molecule has 0 saturated carbocycles. The van der Waals surface area contributed by atoms with E-state index in [1.807, 2.05) is 60.7 Å². The molecule has 0 unspecified atom stereocenters. The van der Waals surface area contributed by atoms with Crippen molar-refractivity contribution < 1.29 is 9.59 Å². The van der Waals surface area contributed by atoms with Crippen LogP contribution in [0.2, 0.25) is 0 Å². The molecule has 6 rings (SSSR count). The largest absolute Gasteiger partial charge is 0.352 e. The number of rotatable bonds is 10. The Morgan fingerprint density at radius 1 is 0.535 bits per heavy atom. The van der Waals surface area contributed by atoms with E-state index in [0.717, 1.165) is 75.7 Å². The van der Waals surface area contributed by atoms with Crippen molar-refractivity contribution in [3.8, 4) is 0 Å². The molecule has 2 heterocycles. The van der Waals surface area contributed by atoms with Crippen molar-refractivity contribution in [2.75, 3.05) is 13.1 Å². The van der Waals surface area contributed by atoms with Crippen molar-refractivity contribution in [2.45, 2.75) is 46.0 Å². The number of para-hydroxylation sites is 2. The van der Waals surface area contributed by atoms with Gasteiger partial charge in [0.2, 0.25) is 0 Å². The first-order valence-corrected chi connectivity index (χ1v) is 15.1. The maximum atomic E-state index is 13.0. The molecule has 2 N–H and O–H groups in total. The Morgan fingerprint density at radius 3 is 1.44 bits per heavy atom. The molecule has 4 aromatic carbocycles. The lowest BCUT2D eigenvalue weighted by Gasteiger charge is -2.10. The SMILES string of the molecule is Cc1ccc2nc3c(C(=O)NCCCCCCCNC(=O)c4cccc5cc6cc(C)ccc6nc45)cccc3cc2c1. The van der Waals surface area contributed by atoms with E-state index in [1.54, 1.807) is 0 Å². The van der Waals surface area contributed by atoms with Gasteiger partial charge in [0.1, 0.15) is 0 Å². The summed E-state index contributed by atoms with van der Waals surface area (Å²) in [4.78, 5) is 35.5. The number of benzene rings is 4. The van der Waals surface area contributed by atoms with Crippen LogP contribution in [0.1, 0.15) is 63.9 Å². The molecule has 0 atom stereocenters. The highest BCUT2D eigenvalue weighted by Gasteiger charge is 2.13. The Balaban J connectivity index is 0.939. The van der Waals surface area contributed by atoms with Gasteiger partial charge < -0.3 is 10.6 Å². The molecule has 0 aliphatic heterocycles. The van der Waals surface area contributed by atoms with E-state index in [9.17, 15) is 9.59 Å². The lowest BCUT2D eigenvalue weighted by molar-refractivity contribution is 0.0947. The average molecular weight is 569 g/mol. The smallest absolute Gasteiger partial charge is 0.253 e. The minimum absolute atomic E-state index is 0.0849. The highest BCUT2D eigenvalue weighted by atomic mass is 16.2. The van der Waals surface area contributed by atoms with Gasteiger partial charge in [0.05, 0.1) is 33.2 Å². The van der Waals surface area contributed by atoms with Gasteiger partial charge in [-0.2, -0.15) is 0 Å². The first kappa shape index (κ1) is 28.3. The Bertz CT molecular complexity index is 1840. The second-order valence-corrected chi connectivity index (χ2v) is 11.4. The molecule has 2 amide bonds. The van der Waals surface area contributed by atoms with Gasteiger partial charge in [-0.1, -0.05) is 66.8 Å². The summed E-state index contributed by atoms with van der Waals surface area (Å²) in [7, 11) is 0. The third-order valence-corrected chi connectivity index (χ3v) is 8.00. The number of fused-ring (bicyclic) bond motifs is 4. The number of hydrogen-bond donors (Lipinski definition) is 2. The van der Waals surface area contributed by atoms with E-state index < -0.39 is 0 Å². The van der Waals surface area contributed by atoms with Gasteiger partial charge >= 0.3 is 0 Å². The molecule has 6 heteroatoms. The van der Waals surface area contributed by atoms with Crippen LogP contribution in [0, 0.1) is 13.8 Å². The van der Waals surface area contributed by atoms with Gasteiger partial charge in [0.15, 0.2) is 0 Å². The van der Waals surface area contributed by atoms with E-state index in [0.29, 0.717) is 24.2 Å². The van der Waals surface area contributed by atoms with E-state index in [4.69, 9.17) is 9.97 Å². The van der Waals surface area contributed by atoms with Crippen LogP contribution in [0.5, 0.6) is 0 Å². The normalized spacial score (nSPS) is 11.4. The van der Waals surface area contributed by atoms with Crippen LogP contribution >= 0.6 is 0 Å². The molecule has 6 nitrogen and oxygen atoms in total. The van der Waals surface area contributed by atoms with Crippen molar-refractivity contribution in [3.63, 3.8) is 0 Å². The summed E-state index contributed by atoms with van der Waals surface area (Å²) in [6, 6.07) is 28.1. The highest BCUT2D eigenvalue weighted by Crippen LogP contribution is 2.25. The molecule has 0 saturated heterocycles. The molecule has 0 fully saturated rings. The van der Waals surface area contributed by atoms with E-state index in [2.05, 4.69) is 48.7 Å². The van der Waals surface area contributed by atoms with Gasteiger partial charge in [-0.3, -0.25) is 9.59 Å². The second-order valence-electron chi connectivity index (χ2n) is 11.4. The summed E-state index contributed by atoms with van der Waals surface area (Å²) in [5.41, 5.74) is 6.87. The maximum Gasteiger partial charge on any atom is 0.253 e. The van der Waals surface area contributed by atoms with Crippen molar-refractivity contribution in [3.05, 3.63) is 107 Å². The summed E-state index contributed by atoms with van der Waals surface area (Å²) in [6.45, 7) is 5.39. The molecule has 216 valence electrons. The van der Waals surface area contributed by atoms with Crippen molar-refractivity contribution in [2.24, 2.45) is 0 Å². The number of nitrogens with zero attached hydrogens (tertiary/aromatic N) is 2. The van der Waals surface area contributed by atoms with Crippen molar-refractivity contribution >= 4 is 55.4 Å². The predicted octanol–water partition coefficient (Wildman–Crippen LogP) is 7.82. The number of amides is 2. The van der Waals surface area contributed by atoms with Crippen LogP contribution < -0.4 is 10.6 Å². The topological polar surface area (TPSA) is 84.0 Å². The summed E-state index contributed by atoms with van der Waals surface area (Å²) in [6.07, 6.45) is 4.91. The lowest BCUT2D eigenvalue weighted by atomic mass is 10.0. The molecule has 0 aliphatic rings. The van der Waals surface area contributed by atoms with Gasteiger partial charge in [-0.15, -0.1) is 0 Å². The van der Waals surface area contributed by atoms with Crippen LogP contribution in [0.15, 0.2) is 84.9 Å². The number of carbonyl (C=O) groups is 2. The minimum atomic E-state index is -0.0849. The first-order valence-electron chi connectivity index (χ1n) is 15.1. The van der Waals surface area contributed by atoms with Crippen LogP contribution in [0.25, 0.3) is 43.6 Å². The quantitative estimate of drug-likeness (QED) is 0.130. The van der Waals surface area contributed by atoms with Crippen LogP contribution in [-0.4, -0.2) is 34.9 Å². The molecule has 0 spiro atoms. The monoisotopic (exact) mass is 568 g/mol. The number of carbonyl (C=O) groups excluding carboxylic acids is 2. The number of unbranched alkanes of at least 4 members (excludes halogenated alkanes) is 4. The number of hydrogen-bond acceptors (Lipinski definition) is 4. The van der Waals surface area contributed by atoms with E-state index in [1.165, 1.54) is 11.1 Å².